The lowest BCUT2D eigenvalue weighted by Gasteiger charge is -2.16. The van der Waals surface area contributed by atoms with E-state index in [9.17, 15) is 22.4 Å². The van der Waals surface area contributed by atoms with Crippen LogP contribution in [0.4, 0.5) is 10.1 Å². The molecule has 0 aliphatic carbocycles. The van der Waals surface area contributed by atoms with Crippen LogP contribution in [0.2, 0.25) is 5.02 Å². The van der Waals surface area contributed by atoms with Crippen molar-refractivity contribution in [1.29, 1.82) is 0 Å². The molecule has 0 spiro atoms. The summed E-state index contributed by atoms with van der Waals surface area (Å²) < 4.78 is 40.6. The molecule has 6 nitrogen and oxygen atoms in total. The fourth-order valence-electron chi connectivity index (χ4n) is 2.13. The number of nitrogens with one attached hydrogen (secondary N) is 1. The minimum absolute atomic E-state index is 0.0127. The molecule has 1 aromatic rings. The van der Waals surface area contributed by atoms with Gasteiger partial charge in [0, 0.05) is 0 Å². The molecule has 1 amide bonds. The van der Waals surface area contributed by atoms with E-state index in [4.69, 9.17) is 16.3 Å². The molecule has 1 saturated heterocycles. The number of halogens is 2. The van der Waals surface area contributed by atoms with Gasteiger partial charge in [0.05, 0.1) is 28.1 Å². The molecule has 1 heterocycles. The minimum atomic E-state index is -3.21. The van der Waals surface area contributed by atoms with Gasteiger partial charge >= 0.3 is 5.97 Å². The van der Waals surface area contributed by atoms with Crippen molar-refractivity contribution in [1.82, 2.24) is 0 Å². The molecule has 0 bridgehead atoms. The number of carbonyl (C=O) groups excluding carboxylic acids is 2. The number of hydrogen-bond donors (Lipinski definition) is 1. The molecule has 1 fully saturated rings. The average molecular weight is 364 g/mol. The minimum Gasteiger partial charge on any atom is -0.452 e. The summed E-state index contributed by atoms with van der Waals surface area (Å²) in [4.78, 5) is 23.8. The number of amides is 1. The summed E-state index contributed by atoms with van der Waals surface area (Å²) in [5.41, 5.74) is 0.185. The summed E-state index contributed by atoms with van der Waals surface area (Å²) in [5.74, 6) is -2.98. The third kappa shape index (κ3) is 4.65. The zero-order valence-electron chi connectivity index (χ0n) is 12.2. The topological polar surface area (TPSA) is 89.5 Å². The van der Waals surface area contributed by atoms with Crippen LogP contribution in [0.5, 0.6) is 0 Å². The highest BCUT2D eigenvalue weighted by Gasteiger charge is 2.35. The van der Waals surface area contributed by atoms with Gasteiger partial charge in [-0.25, -0.2) is 12.8 Å². The number of hydrogen-bond acceptors (Lipinski definition) is 5. The maximum atomic E-state index is 12.9. The molecular formula is C14H15ClFNO5S. The molecule has 9 heteroatoms. The lowest BCUT2D eigenvalue weighted by molar-refractivity contribution is -0.156. The summed E-state index contributed by atoms with van der Waals surface area (Å²) in [6.07, 6.45) is -0.939. The van der Waals surface area contributed by atoms with Gasteiger partial charge in [-0.15, -0.1) is 0 Å². The second-order valence-electron chi connectivity index (χ2n) is 5.29. The second-order valence-corrected chi connectivity index (χ2v) is 7.93. The van der Waals surface area contributed by atoms with Gasteiger partial charge in [0.2, 0.25) is 0 Å². The fraction of sp³-hybridized carbons (Fsp3) is 0.429. The van der Waals surface area contributed by atoms with E-state index in [0.29, 0.717) is 0 Å². The van der Waals surface area contributed by atoms with Crippen molar-refractivity contribution in [2.75, 3.05) is 16.8 Å². The molecular weight excluding hydrogens is 349 g/mol. The van der Waals surface area contributed by atoms with Gasteiger partial charge in [-0.1, -0.05) is 11.6 Å². The van der Waals surface area contributed by atoms with Crippen molar-refractivity contribution in [3.63, 3.8) is 0 Å². The molecule has 0 saturated carbocycles. The van der Waals surface area contributed by atoms with Crippen LogP contribution in [-0.4, -0.2) is 37.9 Å². The van der Waals surface area contributed by atoms with E-state index in [1.165, 1.54) is 13.0 Å². The molecule has 2 rings (SSSR count). The van der Waals surface area contributed by atoms with Crippen LogP contribution in [0.3, 0.4) is 0 Å². The van der Waals surface area contributed by atoms with Crippen LogP contribution in [0.1, 0.15) is 13.3 Å². The van der Waals surface area contributed by atoms with E-state index < -0.39 is 39.6 Å². The lowest BCUT2D eigenvalue weighted by atomic mass is 10.1. The molecule has 23 heavy (non-hydrogen) atoms. The van der Waals surface area contributed by atoms with E-state index in [-0.39, 0.29) is 28.6 Å². The first-order valence-electron chi connectivity index (χ1n) is 6.85. The average Bonchev–Trinajstić information content (AvgIpc) is 2.82. The fourth-order valence-corrected chi connectivity index (χ4v) is 4.07. The molecule has 1 aromatic carbocycles. The smallest absolute Gasteiger partial charge is 0.310 e. The van der Waals surface area contributed by atoms with Crippen molar-refractivity contribution in [2.45, 2.75) is 19.4 Å². The number of rotatable bonds is 4. The van der Waals surface area contributed by atoms with Crippen molar-refractivity contribution >= 4 is 39.0 Å². The zero-order valence-corrected chi connectivity index (χ0v) is 13.8. The molecule has 126 valence electrons. The Morgan fingerprint density at radius 3 is 2.70 bits per heavy atom. The lowest BCUT2D eigenvalue weighted by Crippen LogP contribution is -2.32. The van der Waals surface area contributed by atoms with Crippen LogP contribution < -0.4 is 5.32 Å². The van der Waals surface area contributed by atoms with Gasteiger partial charge in [0.25, 0.3) is 5.91 Å². The Morgan fingerprint density at radius 2 is 2.13 bits per heavy atom. The van der Waals surface area contributed by atoms with Crippen LogP contribution in [-0.2, 0) is 24.2 Å². The summed E-state index contributed by atoms with van der Waals surface area (Å²) >= 11 is 5.79. The van der Waals surface area contributed by atoms with Crippen molar-refractivity contribution in [2.24, 2.45) is 5.92 Å². The van der Waals surface area contributed by atoms with E-state index in [1.807, 2.05) is 0 Å². The molecule has 2 unspecified atom stereocenters. The molecule has 1 aliphatic heterocycles. The normalized spacial score (nSPS) is 20.7. The van der Waals surface area contributed by atoms with Gasteiger partial charge in [-0.05, 0) is 31.5 Å². The zero-order chi connectivity index (χ0) is 17.2. The van der Waals surface area contributed by atoms with E-state index in [1.54, 1.807) is 0 Å². The van der Waals surface area contributed by atoms with Crippen molar-refractivity contribution in [3.05, 3.63) is 29.0 Å². The van der Waals surface area contributed by atoms with Gasteiger partial charge in [-0.2, -0.15) is 0 Å². The second kappa shape index (κ2) is 6.84. The first kappa shape index (κ1) is 17.7. The molecule has 0 aromatic heterocycles. The maximum absolute atomic E-state index is 12.9. The SMILES string of the molecule is CC(OC(=O)C1CCS(=O)(=O)C1)C(=O)Nc1ccc(F)cc1Cl. The van der Waals surface area contributed by atoms with Gasteiger partial charge in [0.15, 0.2) is 15.9 Å². The summed E-state index contributed by atoms with van der Waals surface area (Å²) in [5, 5.41) is 2.43. The standard InChI is InChI=1S/C14H15ClFNO5S/c1-8(22-14(19)9-4-5-23(20,21)7-9)13(18)17-12-3-2-10(16)6-11(12)15/h2-3,6,8-9H,4-5,7H2,1H3,(H,17,18). The van der Waals surface area contributed by atoms with E-state index in [2.05, 4.69) is 5.32 Å². The van der Waals surface area contributed by atoms with E-state index >= 15 is 0 Å². The third-order valence-electron chi connectivity index (χ3n) is 3.42. The number of esters is 1. The Balaban J connectivity index is 1.93. The van der Waals surface area contributed by atoms with Crippen molar-refractivity contribution in [3.8, 4) is 0 Å². The Labute approximate surface area is 137 Å². The van der Waals surface area contributed by atoms with E-state index in [0.717, 1.165) is 12.1 Å². The Morgan fingerprint density at radius 1 is 1.43 bits per heavy atom. The quantitative estimate of drug-likeness (QED) is 0.824. The summed E-state index contributed by atoms with van der Waals surface area (Å²) in [7, 11) is -3.21. The van der Waals surface area contributed by atoms with Gasteiger partial charge < -0.3 is 10.1 Å². The van der Waals surface area contributed by atoms with Crippen LogP contribution in [0.25, 0.3) is 0 Å². The first-order chi connectivity index (χ1) is 10.7. The number of sulfone groups is 1. The van der Waals surface area contributed by atoms with Crippen molar-refractivity contribution < 1.29 is 27.1 Å². The Hall–Kier alpha value is -1.67. The predicted molar refractivity (Wildman–Crippen MR) is 82.4 cm³/mol. The summed E-state index contributed by atoms with van der Waals surface area (Å²) in [6, 6.07) is 3.45. The molecule has 1 N–H and O–H groups in total. The highest BCUT2D eigenvalue weighted by atomic mass is 35.5. The highest BCUT2D eigenvalue weighted by molar-refractivity contribution is 7.91. The Kier molecular flexibility index (Phi) is 5.26. The highest BCUT2D eigenvalue weighted by Crippen LogP contribution is 2.23. The molecule has 0 radical (unpaired) electrons. The number of carbonyl (C=O) groups is 2. The number of anilines is 1. The molecule has 2 atom stereocenters. The maximum Gasteiger partial charge on any atom is 0.310 e. The van der Waals surface area contributed by atoms with Gasteiger partial charge in [-0.3, -0.25) is 9.59 Å². The van der Waals surface area contributed by atoms with Crippen LogP contribution >= 0.6 is 11.6 Å². The first-order valence-corrected chi connectivity index (χ1v) is 9.05. The summed E-state index contributed by atoms with van der Waals surface area (Å²) in [6.45, 7) is 1.36. The third-order valence-corrected chi connectivity index (χ3v) is 5.50. The van der Waals surface area contributed by atoms with Crippen LogP contribution in [0.15, 0.2) is 18.2 Å². The largest absolute Gasteiger partial charge is 0.452 e. The predicted octanol–water partition coefficient (Wildman–Crippen LogP) is 1.78. The monoisotopic (exact) mass is 363 g/mol. The molecule has 1 aliphatic rings. The van der Waals surface area contributed by atoms with Crippen LogP contribution in [0, 0.1) is 11.7 Å². The Bertz CT molecular complexity index is 737. The van der Waals surface area contributed by atoms with Gasteiger partial charge in [0.1, 0.15) is 5.82 Å². The number of ether oxygens (including phenoxy) is 1. The number of benzene rings is 1.